The van der Waals surface area contributed by atoms with Crippen molar-refractivity contribution >= 4 is 11.9 Å². The van der Waals surface area contributed by atoms with Gasteiger partial charge in [0, 0.05) is 12.5 Å². The molecule has 1 aliphatic carbocycles. The van der Waals surface area contributed by atoms with Gasteiger partial charge in [-0.15, -0.1) is 0 Å². The van der Waals surface area contributed by atoms with Crippen molar-refractivity contribution in [2.75, 3.05) is 6.61 Å². The number of carbonyl (C=O) groups is 2. The second kappa shape index (κ2) is 4.90. The monoisotopic (exact) mass is 275 g/mol. The average Bonchev–Trinajstić information content (AvgIpc) is 2.94. The van der Waals surface area contributed by atoms with Crippen molar-refractivity contribution in [2.24, 2.45) is 0 Å². The summed E-state index contributed by atoms with van der Waals surface area (Å²) in [5, 5.41) is 12.2. The summed E-state index contributed by atoms with van der Waals surface area (Å²) in [6.45, 7) is 0.570. The molecule has 3 rings (SSSR count). The van der Waals surface area contributed by atoms with E-state index in [4.69, 9.17) is 4.74 Å². The number of carboxylic acids is 1. The van der Waals surface area contributed by atoms with Gasteiger partial charge in [-0.1, -0.05) is 30.3 Å². The minimum atomic E-state index is -1.16. The molecule has 1 aromatic carbocycles. The zero-order valence-electron chi connectivity index (χ0n) is 11.0. The summed E-state index contributed by atoms with van der Waals surface area (Å²) in [6.07, 6.45) is 1.45. The van der Waals surface area contributed by atoms with Crippen LogP contribution >= 0.6 is 0 Å². The molecule has 3 unspecified atom stereocenters. The van der Waals surface area contributed by atoms with Crippen molar-refractivity contribution in [1.29, 1.82) is 0 Å². The number of benzene rings is 1. The molecule has 0 radical (unpaired) electrons. The number of carboxylic acid groups (broad SMARTS) is 1. The van der Waals surface area contributed by atoms with E-state index >= 15 is 0 Å². The largest absolute Gasteiger partial charge is 0.479 e. The zero-order valence-corrected chi connectivity index (χ0v) is 11.0. The zero-order chi connectivity index (χ0) is 14.2. The summed E-state index contributed by atoms with van der Waals surface area (Å²) in [7, 11) is 0. The molecule has 0 bridgehead atoms. The van der Waals surface area contributed by atoms with Crippen molar-refractivity contribution in [1.82, 2.24) is 5.32 Å². The topological polar surface area (TPSA) is 75.6 Å². The Morgan fingerprint density at radius 1 is 1.30 bits per heavy atom. The Bertz CT molecular complexity index is 524. The van der Waals surface area contributed by atoms with E-state index in [0.717, 1.165) is 12.0 Å². The van der Waals surface area contributed by atoms with Gasteiger partial charge in [0.15, 0.2) is 0 Å². The average molecular weight is 275 g/mol. The molecular weight excluding hydrogens is 258 g/mol. The Hall–Kier alpha value is -1.88. The molecule has 1 saturated heterocycles. The van der Waals surface area contributed by atoms with E-state index in [-0.39, 0.29) is 11.8 Å². The van der Waals surface area contributed by atoms with Gasteiger partial charge in [-0.3, -0.25) is 4.79 Å². The van der Waals surface area contributed by atoms with Crippen LogP contribution in [0.2, 0.25) is 0 Å². The van der Waals surface area contributed by atoms with E-state index in [1.807, 2.05) is 30.3 Å². The summed E-state index contributed by atoms with van der Waals surface area (Å²) < 4.78 is 5.30. The van der Waals surface area contributed by atoms with E-state index in [9.17, 15) is 14.7 Å². The molecule has 2 N–H and O–H groups in total. The summed E-state index contributed by atoms with van der Waals surface area (Å²) in [5.74, 6) is -1.44. The first kappa shape index (κ1) is 13.1. The third-order valence-electron chi connectivity index (χ3n) is 4.11. The van der Waals surface area contributed by atoms with E-state index in [2.05, 4.69) is 5.32 Å². The molecule has 2 fully saturated rings. The fourth-order valence-electron chi connectivity index (χ4n) is 2.86. The van der Waals surface area contributed by atoms with Gasteiger partial charge in [0.1, 0.15) is 11.6 Å². The number of amides is 1. The van der Waals surface area contributed by atoms with E-state index < -0.39 is 17.6 Å². The molecule has 1 amide bonds. The normalized spacial score (nSPS) is 31.8. The lowest BCUT2D eigenvalue weighted by Gasteiger charge is -2.17. The number of rotatable bonds is 4. The van der Waals surface area contributed by atoms with Crippen LogP contribution in [0.1, 0.15) is 30.7 Å². The van der Waals surface area contributed by atoms with Gasteiger partial charge in [-0.2, -0.15) is 0 Å². The van der Waals surface area contributed by atoms with Crippen molar-refractivity contribution < 1.29 is 19.4 Å². The minimum absolute atomic E-state index is 0.161. The summed E-state index contributed by atoms with van der Waals surface area (Å²) in [5.41, 5.74) is -0.216. The summed E-state index contributed by atoms with van der Waals surface area (Å²) in [6, 6.07) is 9.44. The van der Waals surface area contributed by atoms with Crippen LogP contribution in [-0.4, -0.2) is 35.2 Å². The third-order valence-corrected chi connectivity index (χ3v) is 4.11. The molecule has 5 heteroatoms. The summed E-state index contributed by atoms with van der Waals surface area (Å²) >= 11 is 0. The molecule has 1 saturated carbocycles. The lowest BCUT2D eigenvalue weighted by Crippen LogP contribution is -2.48. The quantitative estimate of drug-likeness (QED) is 0.868. The van der Waals surface area contributed by atoms with Crippen LogP contribution in [0, 0.1) is 0 Å². The van der Waals surface area contributed by atoms with Crippen LogP contribution in [0.25, 0.3) is 0 Å². The fourth-order valence-corrected chi connectivity index (χ4v) is 2.86. The molecule has 1 aromatic rings. The maximum absolute atomic E-state index is 12.1. The Balaban J connectivity index is 1.74. The van der Waals surface area contributed by atoms with Crippen LogP contribution in [0.3, 0.4) is 0 Å². The van der Waals surface area contributed by atoms with Gasteiger partial charge in [0.2, 0.25) is 5.91 Å². The molecule has 2 aliphatic rings. The van der Waals surface area contributed by atoms with Gasteiger partial charge in [0.05, 0.1) is 0 Å². The molecule has 20 heavy (non-hydrogen) atoms. The maximum atomic E-state index is 12.1. The van der Waals surface area contributed by atoms with Crippen LogP contribution in [0.5, 0.6) is 0 Å². The number of aliphatic carboxylic acids is 1. The molecule has 5 nitrogen and oxygen atoms in total. The van der Waals surface area contributed by atoms with Gasteiger partial charge in [-0.25, -0.2) is 4.79 Å². The minimum Gasteiger partial charge on any atom is -0.479 e. The van der Waals surface area contributed by atoms with Gasteiger partial charge < -0.3 is 15.2 Å². The standard InChI is InChI=1S/C15H17NO4/c17-13(12-7-4-8-20-12)16-15(14(18)19)9-11(15)10-5-2-1-3-6-10/h1-3,5-6,11-12H,4,7-9H2,(H,16,17)(H,18,19). The van der Waals surface area contributed by atoms with E-state index in [1.54, 1.807) is 0 Å². The van der Waals surface area contributed by atoms with E-state index in [1.165, 1.54) is 0 Å². The van der Waals surface area contributed by atoms with Gasteiger partial charge in [-0.05, 0) is 24.8 Å². The van der Waals surface area contributed by atoms with Crippen LogP contribution in [-0.2, 0) is 14.3 Å². The van der Waals surface area contributed by atoms with Crippen molar-refractivity contribution in [2.45, 2.75) is 36.8 Å². The van der Waals surface area contributed by atoms with Crippen LogP contribution in [0.15, 0.2) is 30.3 Å². The lowest BCUT2D eigenvalue weighted by molar-refractivity contribution is -0.145. The molecule has 1 heterocycles. The number of ether oxygens (including phenoxy) is 1. The second-order valence-electron chi connectivity index (χ2n) is 5.43. The number of hydrogen-bond donors (Lipinski definition) is 2. The first-order chi connectivity index (χ1) is 9.63. The van der Waals surface area contributed by atoms with Crippen molar-refractivity contribution in [3.8, 4) is 0 Å². The predicted octanol–water partition coefficient (Wildman–Crippen LogP) is 1.29. The van der Waals surface area contributed by atoms with Crippen LogP contribution in [0.4, 0.5) is 0 Å². The molecule has 3 atom stereocenters. The van der Waals surface area contributed by atoms with Crippen molar-refractivity contribution in [3.05, 3.63) is 35.9 Å². The highest BCUT2D eigenvalue weighted by molar-refractivity contribution is 5.93. The van der Waals surface area contributed by atoms with Crippen molar-refractivity contribution in [3.63, 3.8) is 0 Å². The Labute approximate surface area is 116 Å². The molecule has 0 aromatic heterocycles. The fraction of sp³-hybridized carbons (Fsp3) is 0.467. The Morgan fingerprint density at radius 3 is 2.65 bits per heavy atom. The molecular formula is C15H17NO4. The lowest BCUT2D eigenvalue weighted by atomic mass is 10.1. The number of carbonyl (C=O) groups excluding carboxylic acids is 1. The first-order valence-electron chi connectivity index (χ1n) is 6.85. The second-order valence-corrected chi connectivity index (χ2v) is 5.43. The predicted molar refractivity (Wildman–Crippen MR) is 71.3 cm³/mol. The molecule has 0 spiro atoms. The first-order valence-corrected chi connectivity index (χ1v) is 6.85. The van der Waals surface area contributed by atoms with Gasteiger partial charge in [0.25, 0.3) is 0 Å². The number of nitrogens with one attached hydrogen (secondary N) is 1. The Kier molecular flexibility index (Phi) is 3.22. The smallest absolute Gasteiger partial charge is 0.330 e. The highest BCUT2D eigenvalue weighted by Crippen LogP contribution is 2.51. The Morgan fingerprint density at radius 2 is 2.05 bits per heavy atom. The number of hydrogen-bond acceptors (Lipinski definition) is 3. The maximum Gasteiger partial charge on any atom is 0.330 e. The highest BCUT2D eigenvalue weighted by atomic mass is 16.5. The van der Waals surface area contributed by atoms with Gasteiger partial charge >= 0.3 is 5.97 Å². The third kappa shape index (κ3) is 2.18. The van der Waals surface area contributed by atoms with Crippen LogP contribution < -0.4 is 5.32 Å². The van der Waals surface area contributed by atoms with E-state index in [0.29, 0.717) is 19.4 Å². The summed E-state index contributed by atoms with van der Waals surface area (Å²) in [4.78, 5) is 23.6. The molecule has 1 aliphatic heterocycles. The molecule has 106 valence electrons. The SMILES string of the molecule is O=C(NC1(C(=O)O)CC1c1ccccc1)C1CCCO1. The highest BCUT2D eigenvalue weighted by Gasteiger charge is 2.62.